The zero-order valence-corrected chi connectivity index (χ0v) is 10.6. The highest BCUT2D eigenvalue weighted by Crippen LogP contribution is 2.32. The third-order valence-electron chi connectivity index (χ3n) is 2.66. The van der Waals surface area contributed by atoms with Gasteiger partial charge in [-0.3, -0.25) is 14.6 Å². The summed E-state index contributed by atoms with van der Waals surface area (Å²) in [5.74, 6) is 2.15. The summed E-state index contributed by atoms with van der Waals surface area (Å²) in [5, 5.41) is 2.65. The molecule has 98 valence electrons. The largest absolute Gasteiger partial charge is 0.351 e. The topological polar surface area (TPSA) is 94.8 Å². The second-order valence-corrected chi connectivity index (χ2v) is 5.36. The molecule has 3 N–H and O–H groups in total. The van der Waals surface area contributed by atoms with Crippen LogP contribution in [-0.2, 0) is 11.3 Å². The van der Waals surface area contributed by atoms with Crippen LogP contribution in [0.25, 0.3) is 0 Å². The van der Waals surface area contributed by atoms with Crippen molar-refractivity contribution < 1.29 is 4.79 Å². The second kappa shape index (κ2) is 5.90. The minimum absolute atomic E-state index is 0.0914. The van der Waals surface area contributed by atoms with Crippen LogP contribution >= 0.6 is 11.8 Å². The summed E-state index contributed by atoms with van der Waals surface area (Å²) in [6.07, 6.45) is 3.88. The third kappa shape index (κ3) is 4.06. The molecule has 1 aromatic heterocycles. The molecule has 18 heavy (non-hydrogen) atoms. The van der Waals surface area contributed by atoms with Crippen molar-refractivity contribution in [2.45, 2.75) is 19.4 Å². The quantitative estimate of drug-likeness (QED) is 0.668. The number of aromatic amines is 2. The molecular weight excluding hydrogens is 254 g/mol. The van der Waals surface area contributed by atoms with Crippen LogP contribution in [0.2, 0.25) is 0 Å². The Morgan fingerprint density at radius 2 is 2.22 bits per heavy atom. The highest BCUT2D eigenvalue weighted by molar-refractivity contribution is 7.99. The van der Waals surface area contributed by atoms with E-state index in [1.165, 1.54) is 19.0 Å². The summed E-state index contributed by atoms with van der Waals surface area (Å²) in [6.45, 7) is 0.134. The first kappa shape index (κ1) is 12.9. The van der Waals surface area contributed by atoms with Crippen LogP contribution in [0, 0.1) is 5.92 Å². The average molecular weight is 269 g/mol. The molecule has 0 spiro atoms. The van der Waals surface area contributed by atoms with Gasteiger partial charge in [-0.05, 0) is 24.5 Å². The van der Waals surface area contributed by atoms with Crippen LogP contribution in [0.5, 0.6) is 0 Å². The number of carbonyl (C=O) groups is 1. The van der Waals surface area contributed by atoms with E-state index in [2.05, 4.69) is 15.3 Å². The lowest BCUT2D eigenvalue weighted by molar-refractivity contribution is -0.118. The van der Waals surface area contributed by atoms with Crippen LogP contribution in [0.1, 0.15) is 18.4 Å². The molecule has 0 aromatic carbocycles. The maximum absolute atomic E-state index is 11.5. The Labute approximate surface area is 108 Å². The van der Waals surface area contributed by atoms with E-state index >= 15 is 0 Å². The number of nitrogens with one attached hydrogen (secondary N) is 3. The van der Waals surface area contributed by atoms with Crippen LogP contribution in [0.3, 0.4) is 0 Å². The minimum Gasteiger partial charge on any atom is -0.351 e. The van der Waals surface area contributed by atoms with Crippen LogP contribution in [-0.4, -0.2) is 27.4 Å². The van der Waals surface area contributed by atoms with Gasteiger partial charge in [-0.25, -0.2) is 4.79 Å². The van der Waals surface area contributed by atoms with Gasteiger partial charge in [0.1, 0.15) is 0 Å². The summed E-state index contributed by atoms with van der Waals surface area (Å²) in [5.41, 5.74) is -0.671. The van der Waals surface area contributed by atoms with Crippen molar-refractivity contribution in [2.24, 2.45) is 5.92 Å². The predicted octanol–water partition coefficient (Wildman–Crippen LogP) is -0.177. The third-order valence-corrected chi connectivity index (χ3v) is 3.83. The molecule has 1 amide bonds. The molecule has 0 atom stereocenters. The maximum atomic E-state index is 11.5. The van der Waals surface area contributed by atoms with Crippen molar-refractivity contribution in [3.05, 3.63) is 32.6 Å². The van der Waals surface area contributed by atoms with E-state index in [1.807, 2.05) is 0 Å². The summed E-state index contributed by atoms with van der Waals surface area (Å²) >= 11 is 1.62. The Morgan fingerprint density at radius 1 is 1.44 bits per heavy atom. The molecule has 0 aliphatic heterocycles. The standard InChI is InChI=1S/C11H15N3O3S/c15-9(6-18-5-7-1-2-7)12-3-8-4-13-11(17)14-10(8)16/h4,7H,1-3,5-6H2,(H,12,15)(H2,13,14,16,17). The molecule has 0 unspecified atom stereocenters. The number of carbonyl (C=O) groups excluding carboxylic acids is 1. The zero-order chi connectivity index (χ0) is 13.0. The van der Waals surface area contributed by atoms with Gasteiger partial charge >= 0.3 is 5.69 Å². The highest BCUT2D eigenvalue weighted by atomic mass is 32.2. The molecule has 0 bridgehead atoms. The fourth-order valence-corrected chi connectivity index (χ4v) is 2.49. The van der Waals surface area contributed by atoms with Gasteiger partial charge in [-0.1, -0.05) is 0 Å². The molecule has 1 aromatic rings. The second-order valence-electron chi connectivity index (χ2n) is 4.33. The van der Waals surface area contributed by atoms with E-state index < -0.39 is 11.2 Å². The zero-order valence-electron chi connectivity index (χ0n) is 9.82. The Hall–Kier alpha value is -1.50. The Morgan fingerprint density at radius 3 is 2.89 bits per heavy atom. The summed E-state index contributed by atoms with van der Waals surface area (Å²) in [4.78, 5) is 38.1. The average Bonchev–Trinajstić information content (AvgIpc) is 3.12. The van der Waals surface area contributed by atoms with E-state index in [9.17, 15) is 14.4 Å². The number of amides is 1. The van der Waals surface area contributed by atoms with Crippen LogP contribution < -0.4 is 16.6 Å². The number of H-pyrrole nitrogens is 2. The van der Waals surface area contributed by atoms with E-state index in [0.29, 0.717) is 11.3 Å². The molecule has 0 saturated heterocycles. The molecule has 7 heteroatoms. The molecule has 0 radical (unpaired) electrons. The Kier molecular flexibility index (Phi) is 4.24. The van der Waals surface area contributed by atoms with E-state index in [0.717, 1.165) is 11.7 Å². The molecular formula is C11H15N3O3S. The number of hydrogen-bond acceptors (Lipinski definition) is 4. The van der Waals surface area contributed by atoms with E-state index in [4.69, 9.17) is 0 Å². The van der Waals surface area contributed by atoms with Gasteiger partial charge in [0.15, 0.2) is 0 Å². The summed E-state index contributed by atoms with van der Waals surface area (Å²) < 4.78 is 0. The van der Waals surface area contributed by atoms with Crippen LogP contribution in [0.4, 0.5) is 0 Å². The molecule has 1 saturated carbocycles. The molecule has 1 aliphatic rings. The van der Waals surface area contributed by atoms with Gasteiger partial charge in [-0.15, -0.1) is 0 Å². The SMILES string of the molecule is O=C(CSCC1CC1)NCc1c[nH]c(=O)[nH]c1=O. The normalized spacial score (nSPS) is 14.4. The number of hydrogen-bond donors (Lipinski definition) is 3. The Bertz CT molecular complexity index is 533. The van der Waals surface area contributed by atoms with Gasteiger partial charge in [0, 0.05) is 12.7 Å². The predicted molar refractivity (Wildman–Crippen MR) is 69.6 cm³/mol. The number of rotatable bonds is 6. The molecule has 2 rings (SSSR count). The molecule has 1 heterocycles. The lowest BCUT2D eigenvalue weighted by Crippen LogP contribution is -2.31. The van der Waals surface area contributed by atoms with Crippen molar-refractivity contribution in [2.75, 3.05) is 11.5 Å². The maximum Gasteiger partial charge on any atom is 0.325 e. The first-order valence-electron chi connectivity index (χ1n) is 5.80. The summed E-state index contributed by atoms with van der Waals surface area (Å²) in [7, 11) is 0. The van der Waals surface area contributed by atoms with Crippen molar-refractivity contribution in [3.8, 4) is 0 Å². The first-order valence-corrected chi connectivity index (χ1v) is 6.96. The van der Waals surface area contributed by atoms with Gasteiger partial charge in [0.25, 0.3) is 5.56 Å². The monoisotopic (exact) mass is 269 g/mol. The molecule has 1 fully saturated rings. The highest BCUT2D eigenvalue weighted by Gasteiger charge is 2.21. The van der Waals surface area contributed by atoms with Crippen molar-refractivity contribution in [1.82, 2.24) is 15.3 Å². The fourth-order valence-electron chi connectivity index (χ4n) is 1.42. The lowest BCUT2D eigenvalue weighted by Gasteiger charge is -2.04. The minimum atomic E-state index is -0.546. The van der Waals surface area contributed by atoms with Crippen molar-refractivity contribution in [3.63, 3.8) is 0 Å². The van der Waals surface area contributed by atoms with Gasteiger partial charge in [0.2, 0.25) is 5.91 Å². The lowest BCUT2D eigenvalue weighted by atomic mass is 10.3. The van der Waals surface area contributed by atoms with Gasteiger partial charge in [-0.2, -0.15) is 11.8 Å². The van der Waals surface area contributed by atoms with Crippen LogP contribution in [0.15, 0.2) is 15.8 Å². The van der Waals surface area contributed by atoms with Gasteiger partial charge < -0.3 is 10.3 Å². The fraction of sp³-hybridized carbons (Fsp3) is 0.545. The summed E-state index contributed by atoms with van der Waals surface area (Å²) in [6, 6.07) is 0. The van der Waals surface area contributed by atoms with Crippen molar-refractivity contribution in [1.29, 1.82) is 0 Å². The smallest absolute Gasteiger partial charge is 0.325 e. The Balaban J connectivity index is 1.74. The van der Waals surface area contributed by atoms with E-state index in [1.54, 1.807) is 11.8 Å². The van der Waals surface area contributed by atoms with E-state index in [-0.39, 0.29) is 12.5 Å². The van der Waals surface area contributed by atoms with Crippen molar-refractivity contribution >= 4 is 17.7 Å². The van der Waals surface area contributed by atoms with Gasteiger partial charge in [0.05, 0.1) is 11.3 Å². The number of aromatic nitrogens is 2. The molecule has 6 nitrogen and oxygen atoms in total. The molecule has 1 aliphatic carbocycles. The first-order chi connectivity index (χ1) is 8.65. The number of thioether (sulfide) groups is 1.